The molecule has 5 heteroatoms. The van der Waals surface area contributed by atoms with E-state index in [0.29, 0.717) is 0 Å². The number of hydrogen-bond acceptors (Lipinski definition) is 3. The third kappa shape index (κ3) is 2.18. The normalized spacial score (nSPS) is 16.2. The summed E-state index contributed by atoms with van der Waals surface area (Å²) < 4.78 is 12.6. The summed E-state index contributed by atoms with van der Waals surface area (Å²) in [5.41, 5.74) is 0.751. The minimum atomic E-state index is -0.327. The van der Waals surface area contributed by atoms with Gasteiger partial charge >= 0.3 is 0 Å². The molecule has 0 spiro atoms. The first-order valence-corrected chi connectivity index (χ1v) is 5.37. The topological polar surface area (TPSA) is 37.4 Å². The van der Waals surface area contributed by atoms with Gasteiger partial charge < -0.3 is 0 Å². The summed E-state index contributed by atoms with van der Waals surface area (Å²) in [4.78, 5) is 23.7. The molecule has 1 saturated heterocycles. The minimum absolute atomic E-state index is 0.186. The van der Waals surface area contributed by atoms with Crippen molar-refractivity contribution in [2.45, 2.75) is 6.54 Å². The molecule has 1 heterocycles. The Morgan fingerprint density at radius 2 is 1.93 bits per heavy atom. The van der Waals surface area contributed by atoms with Gasteiger partial charge in [-0.2, -0.15) is 0 Å². The molecular weight excluding hydrogens is 217 g/mol. The molecule has 1 aliphatic rings. The molecule has 0 radical (unpaired) electrons. The predicted molar refractivity (Wildman–Crippen MR) is 54.8 cm³/mol. The van der Waals surface area contributed by atoms with Crippen molar-refractivity contribution in [3.8, 4) is 0 Å². The SMILES string of the molecule is O=C1CSC(=O)N1Cc1ccc(F)cc1. The quantitative estimate of drug-likeness (QED) is 0.772. The van der Waals surface area contributed by atoms with Gasteiger partial charge in [-0.1, -0.05) is 23.9 Å². The zero-order valence-electron chi connectivity index (χ0n) is 7.77. The zero-order chi connectivity index (χ0) is 10.8. The second-order valence-corrected chi connectivity index (χ2v) is 4.09. The van der Waals surface area contributed by atoms with Crippen molar-refractivity contribution in [1.29, 1.82) is 0 Å². The molecule has 2 amide bonds. The lowest BCUT2D eigenvalue weighted by Crippen LogP contribution is -2.27. The van der Waals surface area contributed by atoms with Crippen molar-refractivity contribution < 1.29 is 14.0 Å². The molecule has 0 N–H and O–H groups in total. The summed E-state index contributed by atoms with van der Waals surface area (Å²) >= 11 is 0.999. The summed E-state index contributed by atoms with van der Waals surface area (Å²) in [6, 6.07) is 5.76. The van der Waals surface area contributed by atoms with E-state index in [4.69, 9.17) is 0 Å². The monoisotopic (exact) mass is 225 g/mol. The number of halogens is 1. The number of amides is 2. The van der Waals surface area contributed by atoms with Crippen LogP contribution in [0.3, 0.4) is 0 Å². The molecule has 0 aliphatic carbocycles. The number of carbonyl (C=O) groups excluding carboxylic acids is 2. The van der Waals surface area contributed by atoms with Gasteiger partial charge in [0, 0.05) is 0 Å². The van der Waals surface area contributed by atoms with E-state index < -0.39 is 0 Å². The van der Waals surface area contributed by atoms with Crippen molar-refractivity contribution in [2.24, 2.45) is 0 Å². The van der Waals surface area contributed by atoms with E-state index >= 15 is 0 Å². The predicted octanol–water partition coefficient (Wildman–Crippen LogP) is 2.02. The fourth-order valence-corrected chi connectivity index (χ4v) is 2.03. The van der Waals surface area contributed by atoms with E-state index in [-0.39, 0.29) is 29.3 Å². The van der Waals surface area contributed by atoms with Crippen molar-refractivity contribution in [3.05, 3.63) is 35.6 Å². The van der Waals surface area contributed by atoms with Crippen LogP contribution in [0.2, 0.25) is 0 Å². The first-order chi connectivity index (χ1) is 7.16. The molecule has 78 valence electrons. The number of imide groups is 1. The minimum Gasteiger partial charge on any atom is -0.273 e. The Kier molecular flexibility index (Phi) is 2.73. The number of hydrogen-bond donors (Lipinski definition) is 0. The molecule has 2 rings (SSSR count). The number of nitrogens with zero attached hydrogens (tertiary/aromatic N) is 1. The van der Waals surface area contributed by atoms with E-state index in [1.54, 1.807) is 12.1 Å². The average Bonchev–Trinajstić information content (AvgIpc) is 2.53. The smallest absolute Gasteiger partial charge is 0.273 e. The van der Waals surface area contributed by atoms with Crippen molar-refractivity contribution in [2.75, 3.05) is 5.75 Å². The Morgan fingerprint density at radius 1 is 1.27 bits per heavy atom. The van der Waals surface area contributed by atoms with Gasteiger partial charge in [-0.05, 0) is 17.7 Å². The molecule has 1 fully saturated rings. The van der Waals surface area contributed by atoms with E-state index in [2.05, 4.69) is 0 Å². The maximum absolute atomic E-state index is 12.6. The highest BCUT2D eigenvalue weighted by Gasteiger charge is 2.29. The van der Waals surface area contributed by atoms with E-state index in [1.165, 1.54) is 17.0 Å². The molecule has 1 aliphatic heterocycles. The lowest BCUT2D eigenvalue weighted by molar-refractivity contribution is -0.125. The zero-order valence-corrected chi connectivity index (χ0v) is 8.59. The fourth-order valence-electron chi connectivity index (χ4n) is 1.31. The molecule has 0 unspecified atom stereocenters. The molecule has 0 bridgehead atoms. The maximum Gasteiger partial charge on any atom is 0.289 e. The van der Waals surface area contributed by atoms with Crippen LogP contribution in [-0.4, -0.2) is 21.8 Å². The highest BCUT2D eigenvalue weighted by molar-refractivity contribution is 8.14. The third-order valence-electron chi connectivity index (χ3n) is 2.09. The first-order valence-electron chi connectivity index (χ1n) is 4.38. The maximum atomic E-state index is 12.6. The molecule has 1 aromatic carbocycles. The largest absolute Gasteiger partial charge is 0.289 e. The lowest BCUT2D eigenvalue weighted by Gasteiger charge is -2.12. The summed E-state index contributed by atoms with van der Waals surface area (Å²) in [6.45, 7) is 0.227. The number of carbonyl (C=O) groups is 2. The molecule has 15 heavy (non-hydrogen) atoms. The van der Waals surface area contributed by atoms with Gasteiger partial charge in [0.05, 0.1) is 12.3 Å². The average molecular weight is 225 g/mol. The van der Waals surface area contributed by atoms with Crippen LogP contribution in [0.1, 0.15) is 5.56 Å². The van der Waals surface area contributed by atoms with Crippen molar-refractivity contribution >= 4 is 22.9 Å². The molecule has 0 saturated carbocycles. The molecular formula is C10H8FNO2S. The van der Waals surface area contributed by atoms with Crippen LogP contribution in [0.15, 0.2) is 24.3 Å². The van der Waals surface area contributed by atoms with Gasteiger partial charge in [0.1, 0.15) is 5.82 Å². The Bertz CT molecular complexity index is 388. The van der Waals surface area contributed by atoms with Gasteiger partial charge in [-0.25, -0.2) is 4.39 Å². The highest BCUT2D eigenvalue weighted by atomic mass is 32.2. The summed E-state index contributed by atoms with van der Waals surface area (Å²) in [5, 5.41) is -0.232. The second-order valence-electron chi connectivity index (χ2n) is 3.16. The Labute approximate surface area is 90.3 Å². The summed E-state index contributed by atoms with van der Waals surface area (Å²) in [6.07, 6.45) is 0. The number of rotatable bonds is 2. The fraction of sp³-hybridized carbons (Fsp3) is 0.200. The Hall–Kier alpha value is -1.36. The Balaban J connectivity index is 2.11. The lowest BCUT2D eigenvalue weighted by atomic mass is 10.2. The second kappa shape index (κ2) is 4.02. The molecule has 3 nitrogen and oxygen atoms in total. The first kappa shape index (κ1) is 10.2. The summed E-state index contributed by atoms with van der Waals surface area (Å²) in [5.74, 6) is -0.304. The van der Waals surface area contributed by atoms with Crippen LogP contribution in [0.25, 0.3) is 0 Å². The van der Waals surface area contributed by atoms with Crippen LogP contribution < -0.4 is 0 Å². The number of thioether (sulfide) groups is 1. The van der Waals surface area contributed by atoms with Crippen LogP contribution >= 0.6 is 11.8 Å². The van der Waals surface area contributed by atoms with Gasteiger partial charge in [-0.3, -0.25) is 14.5 Å². The van der Waals surface area contributed by atoms with Gasteiger partial charge in [-0.15, -0.1) is 0 Å². The van der Waals surface area contributed by atoms with Crippen molar-refractivity contribution in [1.82, 2.24) is 4.90 Å². The van der Waals surface area contributed by atoms with Gasteiger partial charge in [0.2, 0.25) is 5.91 Å². The molecule has 0 aromatic heterocycles. The van der Waals surface area contributed by atoms with Crippen LogP contribution in [-0.2, 0) is 11.3 Å². The summed E-state index contributed by atoms with van der Waals surface area (Å²) in [7, 11) is 0. The number of benzene rings is 1. The van der Waals surface area contributed by atoms with Crippen molar-refractivity contribution in [3.63, 3.8) is 0 Å². The van der Waals surface area contributed by atoms with Gasteiger partial charge in [0.25, 0.3) is 5.24 Å². The van der Waals surface area contributed by atoms with Crippen LogP contribution in [0.5, 0.6) is 0 Å². The molecule has 0 atom stereocenters. The van der Waals surface area contributed by atoms with E-state index in [1.807, 2.05) is 0 Å². The van der Waals surface area contributed by atoms with E-state index in [0.717, 1.165) is 17.3 Å². The standard InChI is InChI=1S/C10H8FNO2S/c11-8-3-1-7(2-4-8)5-12-9(13)6-15-10(12)14/h1-4H,5-6H2. The van der Waals surface area contributed by atoms with Crippen LogP contribution in [0.4, 0.5) is 9.18 Å². The molecule has 1 aromatic rings. The van der Waals surface area contributed by atoms with E-state index in [9.17, 15) is 14.0 Å². The van der Waals surface area contributed by atoms with Crippen LogP contribution in [0, 0.1) is 5.82 Å². The third-order valence-corrected chi connectivity index (χ3v) is 2.95. The Morgan fingerprint density at radius 3 is 2.47 bits per heavy atom. The van der Waals surface area contributed by atoms with Gasteiger partial charge in [0.15, 0.2) is 0 Å². The highest BCUT2D eigenvalue weighted by Crippen LogP contribution is 2.21.